The van der Waals surface area contributed by atoms with Crippen LogP contribution >= 0.6 is 0 Å². The summed E-state index contributed by atoms with van der Waals surface area (Å²) in [5.41, 5.74) is -0.472. The number of alkyl carbamates (subject to hydrolysis) is 1. The van der Waals surface area contributed by atoms with E-state index >= 15 is 0 Å². The Hall–Kier alpha value is -1.50. The van der Waals surface area contributed by atoms with Gasteiger partial charge < -0.3 is 25.0 Å². The van der Waals surface area contributed by atoms with Gasteiger partial charge in [-0.15, -0.1) is 0 Å². The van der Waals surface area contributed by atoms with Gasteiger partial charge >= 0.3 is 6.09 Å². The normalized spacial score (nSPS) is 18.9. The molecule has 23 heavy (non-hydrogen) atoms. The number of hydrogen-bond donors (Lipinski definition) is 2. The zero-order chi connectivity index (χ0) is 17.3. The first-order chi connectivity index (χ1) is 10.9. The lowest BCUT2D eigenvalue weighted by Crippen LogP contribution is -2.44. The zero-order valence-corrected chi connectivity index (χ0v) is 15.1. The molecule has 1 rings (SSSR count). The number of likely N-dealkylation sites (tertiary alicyclic amines) is 1. The molecule has 1 amide bonds. The van der Waals surface area contributed by atoms with Crippen LogP contribution in [0.2, 0.25) is 0 Å². The van der Waals surface area contributed by atoms with Crippen LogP contribution in [0, 0.1) is 0 Å². The molecular weight excluding hydrogens is 296 g/mol. The summed E-state index contributed by atoms with van der Waals surface area (Å²) >= 11 is 0. The number of guanidine groups is 1. The van der Waals surface area contributed by atoms with Gasteiger partial charge in [0.2, 0.25) is 0 Å². The Balaban J connectivity index is 2.47. The van der Waals surface area contributed by atoms with Crippen molar-refractivity contribution >= 4 is 12.1 Å². The Morgan fingerprint density at radius 2 is 2.13 bits per heavy atom. The summed E-state index contributed by atoms with van der Waals surface area (Å²) in [6.07, 6.45) is 1.44. The van der Waals surface area contributed by atoms with E-state index in [9.17, 15) is 4.79 Å². The van der Waals surface area contributed by atoms with Crippen LogP contribution in [-0.4, -0.2) is 68.5 Å². The summed E-state index contributed by atoms with van der Waals surface area (Å²) < 4.78 is 10.4. The smallest absolute Gasteiger partial charge is 0.407 e. The fraction of sp³-hybridized carbons (Fsp3) is 0.875. The summed E-state index contributed by atoms with van der Waals surface area (Å²) in [6, 6.07) is 0.0904. The number of carbonyl (C=O) groups is 1. The molecule has 1 aliphatic heterocycles. The molecule has 0 bridgehead atoms. The molecule has 7 heteroatoms. The molecule has 0 aromatic carbocycles. The second-order valence-electron chi connectivity index (χ2n) is 6.66. The van der Waals surface area contributed by atoms with Crippen molar-refractivity contribution in [3.63, 3.8) is 0 Å². The van der Waals surface area contributed by atoms with Crippen molar-refractivity contribution in [3.8, 4) is 0 Å². The van der Waals surface area contributed by atoms with Crippen molar-refractivity contribution < 1.29 is 14.3 Å². The van der Waals surface area contributed by atoms with Crippen LogP contribution in [0.25, 0.3) is 0 Å². The Morgan fingerprint density at radius 3 is 2.74 bits per heavy atom. The third-order valence-corrected chi connectivity index (χ3v) is 3.31. The lowest BCUT2D eigenvalue weighted by molar-refractivity contribution is 0.0507. The lowest BCUT2D eigenvalue weighted by Gasteiger charge is -2.23. The number of hydrogen-bond acceptors (Lipinski definition) is 4. The highest BCUT2D eigenvalue weighted by molar-refractivity contribution is 5.80. The number of rotatable bonds is 6. The lowest BCUT2D eigenvalue weighted by atomic mass is 10.2. The van der Waals surface area contributed by atoms with Crippen LogP contribution in [-0.2, 0) is 9.47 Å². The van der Waals surface area contributed by atoms with E-state index in [1.54, 1.807) is 7.11 Å². The number of ether oxygens (including phenoxy) is 2. The molecular formula is C16H32N4O3. The predicted octanol–water partition coefficient (Wildman–Crippen LogP) is 1.59. The Labute approximate surface area is 139 Å². The van der Waals surface area contributed by atoms with E-state index in [1.165, 1.54) is 0 Å². The third-order valence-electron chi connectivity index (χ3n) is 3.31. The average Bonchev–Trinajstić information content (AvgIpc) is 2.88. The fourth-order valence-electron chi connectivity index (χ4n) is 2.36. The molecule has 0 radical (unpaired) electrons. The van der Waals surface area contributed by atoms with E-state index in [0.29, 0.717) is 6.61 Å². The van der Waals surface area contributed by atoms with Gasteiger partial charge in [0.15, 0.2) is 5.96 Å². The quantitative estimate of drug-likeness (QED) is 0.440. The first-order valence-electron chi connectivity index (χ1n) is 8.37. The van der Waals surface area contributed by atoms with Gasteiger partial charge in [-0.25, -0.2) is 4.79 Å². The van der Waals surface area contributed by atoms with Crippen LogP contribution < -0.4 is 10.6 Å². The largest absolute Gasteiger partial charge is 0.444 e. The number of nitrogens with one attached hydrogen (secondary N) is 2. The minimum atomic E-state index is -0.472. The minimum Gasteiger partial charge on any atom is -0.444 e. The highest BCUT2D eigenvalue weighted by Gasteiger charge is 2.27. The van der Waals surface area contributed by atoms with Gasteiger partial charge in [-0.05, 0) is 40.5 Å². The number of aliphatic imine (C=N–C) groups is 1. The molecule has 2 N–H and O–H groups in total. The van der Waals surface area contributed by atoms with E-state index in [1.807, 2.05) is 20.8 Å². The van der Waals surface area contributed by atoms with E-state index in [0.717, 1.165) is 45.0 Å². The van der Waals surface area contributed by atoms with Crippen LogP contribution in [0.1, 0.15) is 40.5 Å². The second kappa shape index (κ2) is 9.60. The van der Waals surface area contributed by atoms with Crippen molar-refractivity contribution in [2.75, 3.05) is 39.9 Å². The van der Waals surface area contributed by atoms with Crippen LogP contribution in [0.15, 0.2) is 4.99 Å². The summed E-state index contributed by atoms with van der Waals surface area (Å²) in [5.74, 6) is 0.900. The molecule has 0 saturated carbocycles. The molecule has 0 aromatic rings. The number of carbonyl (C=O) groups excluding carboxylic acids is 1. The molecule has 134 valence electrons. The van der Waals surface area contributed by atoms with E-state index in [4.69, 9.17) is 9.47 Å². The van der Waals surface area contributed by atoms with Gasteiger partial charge in [-0.3, -0.25) is 4.99 Å². The summed E-state index contributed by atoms with van der Waals surface area (Å²) in [5, 5.41) is 6.24. The standard InChI is InChI=1S/C16H32N4O3/c1-6-17-14(18-9-7-11-22-5)20-10-8-13(12-20)19-15(21)23-16(2,3)4/h13H,6-12H2,1-5H3,(H,17,18)(H,19,21). The van der Waals surface area contributed by atoms with Crippen molar-refractivity contribution in [1.29, 1.82) is 0 Å². The SMILES string of the molecule is CCNC(=NCCCOC)N1CCC(NC(=O)OC(C)(C)C)C1. The molecule has 1 atom stereocenters. The van der Waals surface area contributed by atoms with Crippen molar-refractivity contribution in [2.24, 2.45) is 4.99 Å². The number of amides is 1. The fourth-order valence-corrected chi connectivity index (χ4v) is 2.36. The molecule has 1 aliphatic rings. The Kier molecular flexibility index (Phi) is 8.16. The van der Waals surface area contributed by atoms with Crippen molar-refractivity contribution in [2.45, 2.75) is 52.2 Å². The van der Waals surface area contributed by atoms with Crippen LogP contribution in [0.5, 0.6) is 0 Å². The minimum absolute atomic E-state index is 0.0904. The van der Waals surface area contributed by atoms with Crippen molar-refractivity contribution in [1.82, 2.24) is 15.5 Å². The molecule has 1 fully saturated rings. The molecule has 0 spiro atoms. The highest BCUT2D eigenvalue weighted by Crippen LogP contribution is 2.12. The second-order valence-corrected chi connectivity index (χ2v) is 6.66. The van der Waals surface area contributed by atoms with Crippen LogP contribution in [0.3, 0.4) is 0 Å². The number of methoxy groups -OCH3 is 1. The van der Waals surface area contributed by atoms with E-state index in [2.05, 4.69) is 27.4 Å². The molecule has 0 aromatic heterocycles. The van der Waals surface area contributed by atoms with Crippen molar-refractivity contribution in [3.05, 3.63) is 0 Å². The van der Waals surface area contributed by atoms with Gasteiger partial charge in [-0.1, -0.05) is 0 Å². The number of nitrogens with zero attached hydrogens (tertiary/aromatic N) is 2. The molecule has 1 heterocycles. The molecule has 1 unspecified atom stereocenters. The maximum absolute atomic E-state index is 11.8. The summed E-state index contributed by atoms with van der Waals surface area (Å²) in [4.78, 5) is 18.6. The van der Waals surface area contributed by atoms with Gasteiger partial charge in [0, 0.05) is 39.9 Å². The third kappa shape index (κ3) is 8.06. The van der Waals surface area contributed by atoms with Crippen LogP contribution in [0.4, 0.5) is 4.79 Å². The highest BCUT2D eigenvalue weighted by atomic mass is 16.6. The average molecular weight is 328 g/mol. The molecule has 1 saturated heterocycles. The van der Waals surface area contributed by atoms with E-state index < -0.39 is 5.60 Å². The summed E-state index contributed by atoms with van der Waals surface area (Å²) in [7, 11) is 1.70. The zero-order valence-electron chi connectivity index (χ0n) is 15.1. The predicted molar refractivity (Wildman–Crippen MR) is 91.8 cm³/mol. The Morgan fingerprint density at radius 1 is 1.39 bits per heavy atom. The first kappa shape index (κ1) is 19.5. The van der Waals surface area contributed by atoms with Gasteiger partial charge in [0.1, 0.15) is 5.60 Å². The van der Waals surface area contributed by atoms with Gasteiger partial charge in [0.25, 0.3) is 0 Å². The molecule has 7 nitrogen and oxygen atoms in total. The first-order valence-corrected chi connectivity index (χ1v) is 8.37. The van der Waals surface area contributed by atoms with E-state index in [-0.39, 0.29) is 12.1 Å². The van der Waals surface area contributed by atoms with Gasteiger partial charge in [0.05, 0.1) is 6.04 Å². The monoisotopic (exact) mass is 328 g/mol. The molecule has 0 aliphatic carbocycles. The maximum atomic E-state index is 11.8. The topological polar surface area (TPSA) is 75.2 Å². The van der Waals surface area contributed by atoms with Gasteiger partial charge in [-0.2, -0.15) is 0 Å². The maximum Gasteiger partial charge on any atom is 0.407 e. The summed E-state index contributed by atoms with van der Waals surface area (Å²) in [6.45, 7) is 11.5. The Bertz CT molecular complexity index is 393.